The number of hydrogen-bond acceptors (Lipinski definition) is 5. The van der Waals surface area contributed by atoms with E-state index in [0.29, 0.717) is 23.6 Å². The molecule has 4 heterocycles. The number of hydrogen-bond donors (Lipinski definition) is 0. The fourth-order valence-corrected chi connectivity index (χ4v) is 4.50. The van der Waals surface area contributed by atoms with Crippen molar-refractivity contribution in [3.8, 4) is 11.3 Å². The Morgan fingerprint density at radius 3 is 2.91 bits per heavy atom. The van der Waals surface area contributed by atoms with Crippen LogP contribution in [0, 0.1) is 0 Å². The van der Waals surface area contributed by atoms with E-state index in [4.69, 9.17) is 16.6 Å². The van der Waals surface area contributed by atoms with Crippen LogP contribution < -0.4 is 0 Å². The fourth-order valence-electron chi connectivity index (χ4n) is 4.28. The number of aromatic nitrogens is 5. The number of nitrogens with zero attached hydrogens (tertiary/aromatic N) is 6. The topological polar surface area (TPSA) is 76.8 Å². The van der Waals surface area contributed by atoms with Crippen LogP contribution in [0.1, 0.15) is 46.2 Å². The van der Waals surface area contributed by atoms with Crippen LogP contribution in [0.25, 0.3) is 11.3 Å². The maximum atomic E-state index is 13.4. The Balaban J connectivity index is 1.38. The average Bonchev–Trinajstić information content (AvgIpc) is 3.48. The van der Waals surface area contributed by atoms with Crippen LogP contribution in [-0.4, -0.2) is 42.1 Å². The van der Waals surface area contributed by atoms with E-state index < -0.39 is 0 Å². The largest absolute Gasteiger partial charge is 0.330 e. The van der Waals surface area contributed by atoms with Crippen LogP contribution in [-0.2, 0) is 13.5 Å². The number of pyridine rings is 1. The van der Waals surface area contributed by atoms with Gasteiger partial charge in [0.2, 0.25) is 0 Å². The van der Waals surface area contributed by atoms with Gasteiger partial charge in [0.25, 0.3) is 5.91 Å². The zero-order valence-electron chi connectivity index (χ0n) is 18.2. The van der Waals surface area contributed by atoms with E-state index in [1.807, 2.05) is 48.5 Å². The van der Waals surface area contributed by atoms with Gasteiger partial charge in [-0.05, 0) is 42.7 Å². The molecule has 5 rings (SSSR count). The number of halogens is 1. The Kier molecular flexibility index (Phi) is 5.88. The second kappa shape index (κ2) is 9.11. The van der Waals surface area contributed by atoms with E-state index in [1.54, 1.807) is 35.5 Å². The molecule has 1 aliphatic heterocycles. The lowest BCUT2D eigenvalue weighted by molar-refractivity contribution is 0.0732. The molecule has 0 spiro atoms. The smallest absolute Gasteiger partial charge is 0.254 e. The van der Waals surface area contributed by atoms with Gasteiger partial charge in [-0.1, -0.05) is 23.7 Å². The molecule has 0 saturated carbocycles. The first-order chi connectivity index (χ1) is 16.1. The van der Waals surface area contributed by atoms with Crippen LogP contribution in [0.4, 0.5) is 0 Å². The monoisotopic (exact) mass is 458 g/mol. The summed E-state index contributed by atoms with van der Waals surface area (Å²) in [5.74, 6) is -0.0212. The van der Waals surface area contributed by atoms with Gasteiger partial charge in [0.1, 0.15) is 0 Å². The summed E-state index contributed by atoms with van der Waals surface area (Å²) in [6, 6.07) is 11.2. The minimum absolute atomic E-state index is 0.0212. The van der Waals surface area contributed by atoms with Crippen molar-refractivity contribution in [3.05, 3.63) is 94.9 Å². The highest BCUT2D eigenvalue weighted by Gasteiger charge is 2.32. The second-order valence-corrected chi connectivity index (χ2v) is 8.67. The molecule has 8 heteroatoms. The van der Waals surface area contributed by atoms with Crippen LogP contribution >= 0.6 is 11.6 Å². The molecule has 1 aromatic carbocycles. The summed E-state index contributed by atoms with van der Waals surface area (Å²) in [6.45, 7) is 0.689. The van der Waals surface area contributed by atoms with E-state index in [0.717, 1.165) is 41.1 Å². The van der Waals surface area contributed by atoms with E-state index in [9.17, 15) is 4.79 Å². The fraction of sp³-hybridized carbons (Fsp3) is 0.240. The molecule has 1 amide bonds. The van der Waals surface area contributed by atoms with E-state index in [-0.39, 0.29) is 11.9 Å². The number of carbonyl (C=O) groups excluding carboxylic acids is 1. The van der Waals surface area contributed by atoms with Crippen molar-refractivity contribution in [2.45, 2.75) is 25.3 Å². The first-order valence-corrected chi connectivity index (χ1v) is 11.3. The minimum atomic E-state index is -0.0979. The van der Waals surface area contributed by atoms with Gasteiger partial charge in [0.05, 0.1) is 35.5 Å². The molecule has 0 aliphatic carbocycles. The van der Waals surface area contributed by atoms with E-state index in [2.05, 4.69) is 15.1 Å². The molecule has 0 bridgehead atoms. The summed E-state index contributed by atoms with van der Waals surface area (Å²) < 4.78 is 1.72. The summed E-state index contributed by atoms with van der Waals surface area (Å²) in [7, 11) is 1.86. The van der Waals surface area contributed by atoms with Gasteiger partial charge in [0.15, 0.2) is 0 Å². The summed E-state index contributed by atoms with van der Waals surface area (Å²) in [4.78, 5) is 29.0. The Hall–Kier alpha value is -3.58. The van der Waals surface area contributed by atoms with Gasteiger partial charge in [-0.2, -0.15) is 5.10 Å². The Bertz CT molecular complexity index is 1300. The lowest BCUT2D eigenvalue weighted by Crippen LogP contribution is -2.31. The Morgan fingerprint density at radius 2 is 2.09 bits per heavy atom. The SMILES string of the molecule is Cn1cc(-c2cc(C(=O)N3CCCC3c3cncc(Cc4cccc(Cl)c4)n3)ccn2)cn1. The Morgan fingerprint density at radius 1 is 1.18 bits per heavy atom. The molecule has 0 radical (unpaired) electrons. The van der Waals surface area contributed by atoms with Gasteiger partial charge in [-0.15, -0.1) is 0 Å². The van der Waals surface area contributed by atoms with E-state index >= 15 is 0 Å². The summed E-state index contributed by atoms with van der Waals surface area (Å²) in [6.07, 6.45) is 11.3. The lowest BCUT2D eigenvalue weighted by Gasteiger charge is -2.24. The van der Waals surface area contributed by atoms with Gasteiger partial charge in [0, 0.05) is 54.8 Å². The average molecular weight is 459 g/mol. The lowest BCUT2D eigenvalue weighted by atomic mass is 10.1. The summed E-state index contributed by atoms with van der Waals surface area (Å²) in [5.41, 5.74) is 4.98. The quantitative estimate of drug-likeness (QED) is 0.440. The van der Waals surface area contributed by atoms with Crippen LogP contribution in [0.2, 0.25) is 5.02 Å². The number of amides is 1. The highest BCUT2D eigenvalue weighted by atomic mass is 35.5. The van der Waals surface area contributed by atoms with Gasteiger partial charge in [-0.25, -0.2) is 0 Å². The molecule has 1 saturated heterocycles. The molecule has 7 nitrogen and oxygen atoms in total. The number of carbonyl (C=O) groups is 1. The van der Waals surface area contributed by atoms with Crippen molar-refractivity contribution < 1.29 is 4.79 Å². The maximum absolute atomic E-state index is 13.4. The third-order valence-electron chi connectivity index (χ3n) is 5.84. The molecule has 1 atom stereocenters. The Labute approximate surface area is 197 Å². The molecule has 33 heavy (non-hydrogen) atoms. The van der Waals surface area contributed by atoms with Gasteiger partial charge >= 0.3 is 0 Å². The van der Waals surface area contributed by atoms with Crippen molar-refractivity contribution >= 4 is 17.5 Å². The number of likely N-dealkylation sites (tertiary alicyclic amines) is 1. The van der Waals surface area contributed by atoms with Crippen LogP contribution in [0.15, 0.2) is 67.4 Å². The molecule has 0 N–H and O–H groups in total. The number of benzene rings is 1. The third kappa shape index (κ3) is 4.64. The van der Waals surface area contributed by atoms with Crippen molar-refractivity contribution in [2.75, 3.05) is 6.54 Å². The minimum Gasteiger partial charge on any atom is -0.330 e. The normalized spacial score (nSPS) is 15.7. The maximum Gasteiger partial charge on any atom is 0.254 e. The van der Waals surface area contributed by atoms with Gasteiger partial charge in [-0.3, -0.25) is 24.4 Å². The zero-order valence-corrected chi connectivity index (χ0v) is 19.0. The van der Waals surface area contributed by atoms with E-state index in [1.165, 1.54) is 0 Å². The molecular weight excluding hydrogens is 436 g/mol. The van der Waals surface area contributed by atoms with Crippen molar-refractivity contribution in [2.24, 2.45) is 7.05 Å². The van der Waals surface area contributed by atoms with Crippen LogP contribution in [0.3, 0.4) is 0 Å². The van der Waals surface area contributed by atoms with Crippen molar-refractivity contribution in [1.29, 1.82) is 0 Å². The molecule has 4 aromatic rings. The summed E-state index contributed by atoms with van der Waals surface area (Å²) >= 11 is 6.12. The zero-order chi connectivity index (χ0) is 22.8. The molecule has 1 aliphatic rings. The van der Waals surface area contributed by atoms with Crippen molar-refractivity contribution in [3.63, 3.8) is 0 Å². The number of rotatable bonds is 5. The molecular formula is C25H23ClN6O. The van der Waals surface area contributed by atoms with Gasteiger partial charge < -0.3 is 4.90 Å². The molecule has 1 fully saturated rings. The molecule has 3 aromatic heterocycles. The number of aryl methyl sites for hydroxylation is 1. The first-order valence-electron chi connectivity index (χ1n) is 10.9. The highest BCUT2D eigenvalue weighted by molar-refractivity contribution is 6.30. The predicted molar refractivity (Wildman–Crippen MR) is 126 cm³/mol. The first kappa shape index (κ1) is 21.3. The predicted octanol–water partition coefficient (Wildman–Crippen LogP) is 4.49. The second-order valence-electron chi connectivity index (χ2n) is 8.23. The van der Waals surface area contributed by atoms with Crippen LogP contribution in [0.5, 0.6) is 0 Å². The highest BCUT2D eigenvalue weighted by Crippen LogP contribution is 2.32. The molecule has 166 valence electrons. The molecule has 1 unspecified atom stereocenters. The standard InChI is InChI=1S/C25H23ClN6O/c1-31-16-19(13-29-31)22-12-18(7-8-28-22)25(33)32-9-3-6-24(32)23-15-27-14-21(30-23)11-17-4-2-5-20(26)10-17/h2,4-5,7-8,10,12-16,24H,3,6,9,11H2,1H3. The summed E-state index contributed by atoms with van der Waals surface area (Å²) in [5, 5.41) is 4.90. The van der Waals surface area contributed by atoms with Crippen molar-refractivity contribution in [1.82, 2.24) is 29.6 Å². The third-order valence-corrected chi connectivity index (χ3v) is 6.08.